The van der Waals surface area contributed by atoms with Crippen LogP contribution in [0.15, 0.2) is 30.3 Å². The number of benzene rings is 1. The van der Waals surface area contributed by atoms with E-state index < -0.39 is 22.6 Å². The monoisotopic (exact) mass is 253 g/mol. The van der Waals surface area contributed by atoms with Crippen molar-refractivity contribution in [2.45, 2.75) is 11.8 Å². The van der Waals surface area contributed by atoms with Crippen LogP contribution in [0.3, 0.4) is 0 Å². The van der Waals surface area contributed by atoms with Crippen LogP contribution in [-0.2, 0) is 15.2 Å². The van der Waals surface area contributed by atoms with Crippen LogP contribution in [-0.4, -0.2) is 11.4 Å². The van der Waals surface area contributed by atoms with E-state index in [4.69, 9.17) is 11.6 Å². The van der Waals surface area contributed by atoms with E-state index in [0.29, 0.717) is 0 Å². The summed E-state index contributed by atoms with van der Waals surface area (Å²) in [5.74, 6) is 4.60. The van der Waals surface area contributed by atoms with Gasteiger partial charge in [-0.25, -0.2) is 5.90 Å². The zero-order valence-corrected chi connectivity index (χ0v) is 8.55. The molecule has 88 valence electrons. The molecule has 0 aromatic heterocycles. The lowest BCUT2D eigenvalue weighted by molar-refractivity contribution is -0.270. The van der Waals surface area contributed by atoms with E-state index in [0.717, 1.165) is 12.1 Å². The molecular weight excluding hydrogens is 247 g/mol. The Morgan fingerprint density at radius 3 is 2.06 bits per heavy atom. The SMILES string of the molecule is NOC(C(=O)Cl)(c1ccccc1)C(F)(F)F. The second kappa shape index (κ2) is 4.40. The molecule has 3 nitrogen and oxygen atoms in total. The molecule has 7 heteroatoms. The molecule has 0 bridgehead atoms. The summed E-state index contributed by atoms with van der Waals surface area (Å²) in [5.41, 5.74) is -3.79. The quantitative estimate of drug-likeness (QED) is 0.663. The first-order chi connectivity index (χ1) is 7.36. The van der Waals surface area contributed by atoms with Gasteiger partial charge in [-0.2, -0.15) is 13.2 Å². The predicted octanol–water partition coefficient (Wildman–Crippen LogP) is 2.10. The maximum absolute atomic E-state index is 12.8. The molecule has 16 heavy (non-hydrogen) atoms. The molecule has 0 saturated heterocycles. The Kier molecular flexibility index (Phi) is 3.57. The molecule has 0 saturated carbocycles. The number of hydrogen-bond acceptors (Lipinski definition) is 3. The topological polar surface area (TPSA) is 52.3 Å². The molecule has 0 spiro atoms. The average Bonchev–Trinajstić information content (AvgIpc) is 2.18. The largest absolute Gasteiger partial charge is 0.432 e. The molecule has 0 fully saturated rings. The molecule has 0 heterocycles. The van der Waals surface area contributed by atoms with Gasteiger partial charge < -0.3 is 0 Å². The fourth-order valence-corrected chi connectivity index (χ4v) is 1.50. The first kappa shape index (κ1) is 13.0. The maximum Gasteiger partial charge on any atom is 0.432 e. The number of hydrogen-bond donors (Lipinski definition) is 1. The van der Waals surface area contributed by atoms with Crippen molar-refractivity contribution in [3.05, 3.63) is 35.9 Å². The van der Waals surface area contributed by atoms with E-state index in [1.807, 2.05) is 0 Å². The summed E-state index contributed by atoms with van der Waals surface area (Å²) in [6.07, 6.45) is -5.04. The maximum atomic E-state index is 12.8. The number of carbonyl (C=O) groups excluding carboxylic acids is 1. The van der Waals surface area contributed by atoms with Crippen LogP contribution in [0.5, 0.6) is 0 Å². The molecular formula is C9H7ClF3NO2. The molecule has 0 amide bonds. The second-order valence-electron chi connectivity index (χ2n) is 2.94. The van der Waals surface area contributed by atoms with E-state index in [1.165, 1.54) is 18.2 Å². The van der Waals surface area contributed by atoms with Gasteiger partial charge in [0.05, 0.1) is 0 Å². The Bertz CT molecular complexity index is 382. The van der Waals surface area contributed by atoms with Crippen molar-refractivity contribution in [1.82, 2.24) is 0 Å². The van der Waals surface area contributed by atoms with Gasteiger partial charge >= 0.3 is 6.18 Å². The molecule has 0 aliphatic heterocycles. The molecule has 1 aromatic rings. The summed E-state index contributed by atoms with van der Waals surface area (Å²) in [6, 6.07) is 6.23. The fraction of sp³-hybridized carbons (Fsp3) is 0.222. The van der Waals surface area contributed by atoms with Crippen LogP contribution in [0.2, 0.25) is 0 Å². The van der Waals surface area contributed by atoms with Gasteiger partial charge in [0.2, 0.25) is 0 Å². The lowest BCUT2D eigenvalue weighted by atomic mass is 9.94. The van der Waals surface area contributed by atoms with Crippen LogP contribution in [0.1, 0.15) is 5.56 Å². The predicted molar refractivity (Wildman–Crippen MR) is 50.3 cm³/mol. The molecule has 2 N–H and O–H groups in total. The van der Waals surface area contributed by atoms with E-state index in [1.54, 1.807) is 0 Å². The Morgan fingerprint density at radius 2 is 1.75 bits per heavy atom. The normalized spacial score (nSPS) is 15.6. The number of nitrogens with two attached hydrogens (primary N) is 1. The van der Waals surface area contributed by atoms with Crippen LogP contribution in [0.25, 0.3) is 0 Å². The number of halogens is 4. The molecule has 1 aromatic carbocycles. The average molecular weight is 254 g/mol. The van der Waals surface area contributed by atoms with E-state index >= 15 is 0 Å². The van der Waals surface area contributed by atoms with Gasteiger partial charge in [-0.15, -0.1) is 0 Å². The molecule has 0 aliphatic rings. The van der Waals surface area contributed by atoms with Crippen LogP contribution >= 0.6 is 11.6 Å². The van der Waals surface area contributed by atoms with Crippen molar-refractivity contribution in [2.75, 3.05) is 0 Å². The summed E-state index contributed by atoms with van der Waals surface area (Å²) in [4.78, 5) is 14.8. The van der Waals surface area contributed by atoms with Crippen molar-refractivity contribution in [3.63, 3.8) is 0 Å². The Labute approximate surface area is 93.9 Å². The Morgan fingerprint density at radius 1 is 1.25 bits per heavy atom. The number of carbonyl (C=O) groups is 1. The van der Waals surface area contributed by atoms with Crippen LogP contribution in [0.4, 0.5) is 13.2 Å². The summed E-state index contributed by atoms with van der Waals surface area (Å²) in [5, 5.41) is -1.74. The minimum atomic E-state index is -5.04. The lowest BCUT2D eigenvalue weighted by Crippen LogP contribution is -2.51. The minimum absolute atomic E-state index is 0.468. The third kappa shape index (κ3) is 1.91. The molecule has 1 rings (SSSR count). The number of rotatable bonds is 3. The number of alkyl halides is 3. The van der Waals surface area contributed by atoms with Crippen molar-refractivity contribution in [1.29, 1.82) is 0 Å². The van der Waals surface area contributed by atoms with Gasteiger partial charge in [0.1, 0.15) is 0 Å². The third-order valence-electron chi connectivity index (χ3n) is 2.03. The van der Waals surface area contributed by atoms with Crippen LogP contribution < -0.4 is 5.90 Å². The highest BCUT2D eigenvalue weighted by atomic mass is 35.5. The summed E-state index contributed by atoms with van der Waals surface area (Å²) < 4.78 is 38.4. The molecule has 1 unspecified atom stereocenters. The van der Waals surface area contributed by atoms with Crippen molar-refractivity contribution >= 4 is 16.8 Å². The first-order valence-corrected chi connectivity index (χ1v) is 4.44. The van der Waals surface area contributed by atoms with E-state index in [2.05, 4.69) is 10.7 Å². The van der Waals surface area contributed by atoms with E-state index in [9.17, 15) is 18.0 Å². The molecule has 0 aliphatic carbocycles. The highest BCUT2D eigenvalue weighted by Gasteiger charge is 2.62. The van der Waals surface area contributed by atoms with Gasteiger partial charge in [0, 0.05) is 5.56 Å². The zero-order valence-electron chi connectivity index (χ0n) is 7.79. The standard InChI is InChI=1S/C9H7ClF3NO2/c10-7(15)8(16-14,9(11,12)13)6-4-2-1-3-5-6/h1-5H,14H2. The third-order valence-corrected chi connectivity index (χ3v) is 2.30. The Balaban J connectivity index is 3.42. The lowest BCUT2D eigenvalue weighted by Gasteiger charge is -2.29. The summed E-state index contributed by atoms with van der Waals surface area (Å²) in [6.45, 7) is 0. The molecule has 0 radical (unpaired) electrons. The smallest absolute Gasteiger partial charge is 0.277 e. The van der Waals surface area contributed by atoms with Crippen molar-refractivity contribution in [3.8, 4) is 0 Å². The highest BCUT2D eigenvalue weighted by Crippen LogP contribution is 2.42. The fourth-order valence-electron chi connectivity index (χ4n) is 1.24. The van der Waals surface area contributed by atoms with Crippen molar-refractivity contribution in [2.24, 2.45) is 5.90 Å². The van der Waals surface area contributed by atoms with Gasteiger partial charge in [0.15, 0.2) is 0 Å². The van der Waals surface area contributed by atoms with E-state index in [-0.39, 0.29) is 0 Å². The summed E-state index contributed by atoms with van der Waals surface area (Å²) in [7, 11) is 0. The van der Waals surface area contributed by atoms with Gasteiger partial charge in [-0.3, -0.25) is 9.63 Å². The van der Waals surface area contributed by atoms with Gasteiger partial charge in [0.25, 0.3) is 10.8 Å². The first-order valence-electron chi connectivity index (χ1n) is 4.06. The molecule has 1 atom stereocenters. The summed E-state index contributed by atoms with van der Waals surface area (Å²) >= 11 is 4.96. The van der Waals surface area contributed by atoms with Gasteiger partial charge in [-0.1, -0.05) is 30.3 Å². The zero-order chi connectivity index (χ0) is 12.4. The van der Waals surface area contributed by atoms with Gasteiger partial charge in [-0.05, 0) is 11.6 Å². The Hall–Kier alpha value is -1.11. The highest BCUT2D eigenvalue weighted by molar-refractivity contribution is 6.65. The van der Waals surface area contributed by atoms with Crippen LogP contribution in [0, 0.1) is 0 Å². The second-order valence-corrected chi connectivity index (χ2v) is 3.28. The van der Waals surface area contributed by atoms with Crippen molar-refractivity contribution < 1.29 is 22.8 Å². The minimum Gasteiger partial charge on any atom is -0.277 e.